The van der Waals surface area contributed by atoms with Crippen molar-refractivity contribution in [1.29, 1.82) is 0 Å². The van der Waals surface area contributed by atoms with Crippen molar-refractivity contribution in [1.82, 2.24) is 0 Å². The second kappa shape index (κ2) is 14.7. The van der Waals surface area contributed by atoms with E-state index in [4.69, 9.17) is 14.2 Å². The molecule has 222 valence electrons. The molecule has 0 aliphatic carbocycles. The van der Waals surface area contributed by atoms with Crippen LogP contribution < -0.4 is 14.2 Å². The van der Waals surface area contributed by atoms with Gasteiger partial charge in [0.2, 0.25) is 0 Å². The summed E-state index contributed by atoms with van der Waals surface area (Å²) in [7, 11) is 5.22. The zero-order valence-corrected chi connectivity index (χ0v) is 28.2. The zero-order valence-electron chi connectivity index (χ0n) is 25.5. The molecule has 0 aliphatic heterocycles. The minimum absolute atomic E-state index is 0.765. The highest BCUT2D eigenvalue weighted by Crippen LogP contribution is 2.39. The molecule has 4 rings (SSSR count). The number of hydrogen-bond donors (Lipinski definition) is 3. The first kappa shape index (κ1) is 32.2. The highest BCUT2D eigenvalue weighted by Gasteiger charge is 2.24. The molecule has 4 aromatic carbocycles. The average Bonchev–Trinajstić information content (AvgIpc) is 2.98. The predicted molar refractivity (Wildman–Crippen MR) is 184 cm³/mol. The van der Waals surface area contributed by atoms with Crippen LogP contribution >= 0.6 is 37.9 Å². The van der Waals surface area contributed by atoms with Crippen LogP contribution in [0.3, 0.4) is 0 Å². The monoisotopic (exact) mass is 618 g/mol. The fourth-order valence-electron chi connectivity index (χ4n) is 6.29. The van der Waals surface area contributed by atoms with Gasteiger partial charge in [0.15, 0.2) is 0 Å². The lowest BCUT2D eigenvalue weighted by atomic mass is 9.78. The smallest absolute Gasteiger partial charge is 0.122 e. The van der Waals surface area contributed by atoms with Gasteiger partial charge in [-0.3, -0.25) is 0 Å². The Hall–Kier alpha value is -2.67. The molecule has 0 aliphatic rings. The highest BCUT2D eigenvalue weighted by atomic mass is 32.1. The first-order chi connectivity index (χ1) is 20.3. The minimum atomic E-state index is 0.765. The van der Waals surface area contributed by atoms with E-state index in [0.29, 0.717) is 0 Å². The standard InChI is InChI=1S/C36H42O3S3/c1-7-28-31(19-22-16-25(40)10-13-34(22)37-4)29(8-2)33(21-24-18-27(42)12-15-36(24)39-6)30(9-3)32(28)20-23-17-26(41)11-14-35(23)38-5/h10-18,40-42H,7-9,19-21H2,1-6H3. The van der Waals surface area contributed by atoms with Gasteiger partial charge in [0.05, 0.1) is 21.3 Å². The molecule has 42 heavy (non-hydrogen) atoms. The van der Waals surface area contributed by atoms with E-state index in [0.717, 1.165) is 87.2 Å². The summed E-state index contributed by atoms with van der Waals surface area (Å²) in [6, 6.07) is 18.4. The molecule has 0 heterocycles. The molecule has 0 saturated heterocycles. The molecule has 6 heteroatoms. The van der Waals surface area contributed by atoms with Gasteiger partial charge in [-0.25, -0.2) is 0 Å². The molecule has 0 aromatic heterocycles. The van der Waals surface area contributed by atoms with E-state index in [1.54, 1.807) is 21.3 Å². The third-order valence-electron chi connectivity index (χ3n) is 8.14. The Balaban J connectivity index is 2.05. The molecule has 4 aromatic rings. The van der Waals surface area contributed by atoms with Crippen molar-refractivity contribution >= 4 is 37.9 Å². The van der Waals surface area contributed by atoms with Crippen LogP contribution in [0.2, 0.25) is 0 Å². The Kier molecular flexibility index (Phi) is 11.3. The fraction of sp³-hybridized carbons (Fsp3) is 0.333. The van der Waals surface area contributed by atoms with Crippen LogP contribution in [0.4, 0.5) is 0 Å². The maximum Gasteiger partial charge on any atom is 0.122 e. The molecule has 0 saturated carbocycles. The van der Waals surface area contributed by atoms with Crippen molar-refractivity contribution in [3.8, 4) is 17.2 Å². The van der Waals surface area contributed by atoms with E-state index in [1.807, 2.05) is 36.4 Å². The van der Waals surface area contributed by atoms with Crippen LogP contribution in [-0.4, -0.2) is 21.3 Å². The summed E-state index contributed by atoms with van der Waals surface area (Å²) in [5.74, 6) is 2.65. The Bertz CT molecular complexity index is 1360. The van der Waals surface area contributed by atoms with E-state index in [2.05, 4.69) is 76.9 Å². The summed E-state index contributed by atoms with van der Waals surface area (Å²) in [5.41, 5.74) is 11.8. The summed E-state index contributed by atoms with van der Waals surface area (Å²) in [6.45, 7) is 6.81. The van der Waals surface area contributed by atoms with Gasteiger partial charge in [-0.15, -0.1) is 37.9 Å². The van der Waals surface area contributed by atoms with Crippen molar-refractivity contribution in [3.05, 3.63) is 105 Å². The number of ether oxygens (including phenoxy) is 3. The first-order valence-corrected chi connectivity index (χ1v) is 15.9. The van der Waals surface area contributed by atoms with Gasteiger partial charge < -0.3 is 14.2 Å². The Morgan fingerprint density at radius 2 is 0.690 bits per heavy atom. The van der Waals surface area contributed by atoms with Gasteiger partial charge in [-0.1, -0.05) is 20.8 Å². The Labute approximate surface area is 268 Å². The van der Waals surface area contributed by atoms with Crippen LogP contribution in [0.5, 0.6) is 17.2 Å². The van der Waals surface area contributed by atoms with Crippen LogP contribution in [-0.2, 0) is 38.5 Å². The second-order valence-electron chi connectivity index (χ2n) is 10.5. The van der Waals surface area contributed by atoms with E-state index < -0.39 is 0 Å². The van der Waals surface area contributed by atoms with E-state index in [-0.39, 0.29) is 0 Å². The number of rotatable bonds is 12. The lowest BCUT2D eigenvalue weighted by Crippen LogP contribution is -2.15. The minimum Gasteiger partial charge on any atom is -0.496 e. The highest BCUT2D eigenvalue weighted by molar-refractivity contribution is 7.80. The van der Waals surface area contributed by atoms with Gasteiger partial charge in [0.25, 0.3) is 0 Å². The van der Waals surface area contributed by atoms with Crippen LogP contribution in [0.1, 0.15) is 70.8 Å². The van der Waals surface area contributed by atoms with E-state index in [9.17, 15) is 0 Å². The summed E-state index contributed by atoms with van der Waals surface area (Å²) in [5, 5.41) is 0. The lowest BCUT2D eigenvalue weighted by molar-refractivity contribution is 0.410. The maximum atomic E-state index is 5.82. The van der Waals surface area contributed by atoms with E-state index in [1.165, 1.54) is 33.4 Å². The molecule has 0 spiro atoms. The molecule has 0 radical (unpaired) electrons. The largest absolute Gasteiger partial charge is 0.496 e. The lowest BCUT2D eigenvalue weighted by Gasteiger charge is -2.27. The summed E-state index contributed by atoms with van der Waals surface area (Å²) in [6.07, 6.45) is 5.06. The number of methoxy groups -OCH3 is 3. The van der Waals surface area contributed by atoms with Gasteiger partial charge in [-0.2, -0.15) is 0 Å². The third-order valence-corrected chi connectivity index (χ3v) is 8.97. The molecule has 0 unspecified atom stereocenters. The van der Waals surface area contributed by atoms with Gasteiger partial charge >= 0.3 is 0 Å². The third kappa shape index (κ3) is 6.93. The predicted octanol–water partition coefficient (Wildman–Crippen LogP) is 9.04. The van der Waals surface area contributed by atoms with Crippen molar-refractivity contribution in [3.63, 3.8) is 0 Å². The summed E-state index contributed by atoms with van der Waals surface area (Å²) >= 11 is 14.0. The van der Waals surface area contributed by atoms with Crippen molar-refractivity contribution in [2.45, 2.75) is 74.0 Å². The molecule has 0 atom stereocenters. The van der Waals surface area contributed by atoms with Crippen LogP contribution in [0, 0.1) is 0 Å². The fourth-order valence-corrected chi connectivity index (χ4v) is 6.99. The van der Waals surface area contributed by atoms with Crippen molar-refractivity contribution in [2.75, 3.05) is 21.3 Å². The molecule has 0 bridgehead atoms. The number of benzene rings is 4. The maximum absolute atomic E-state index is 5.82. The van der Waals surface area contributed by atoms with Crippen molar-refractivity contribution in [2.24, 2.45) is 0 Å². The zero-order chi connectivity index (χ0) is 30.4. The van der Waals surface area contributed by atoms with E-state index >= 15 is 0 Å². The van der Waals surface area contributed by atoms with Crippen molar-refractivity contribution < 1.29 is 14.2 Å². The molecule has 0 fully saturated rings. The topological polar surface area (TPSA) is 27.7 Å². The molecule has 0 N–H and O–H groups in total. The number of hydrogen-bond acceptors (Lipinski definition) is 6. The molecule has 0 amide bonds. The summed E-state index contributed by atoms with van der Waals surface area (Å²) < 4.78 is 17.5. The Morgan fingerprint density at radius 1 is 0.429 bits per heavy atom. The second-order valence-corrected chi connectivity index (χ2v) is 12.0. The number of thiol groups is 3. The molecule has 3 nitrogen and oxygen atoms in total. The van der Waals surface area contributed by atoms with Gasteiger partial charge in [0.1, 0.15) is 17.2 Å². The normalized spacial score (nSPS) is 11.1. The average molecular weight is 619 g/mol. The van der Waals surface area contributed by atoms with Gasteiger partial charge in [0, 0.05) is 33.9 Å². The Morgan fingerprint density at radius 3 is 0.905 bits per heavy atom. The SMILES string of the molecule is CCc1c(Cc2cc(S)ccc2OC)c(CC)c(Cc2cc(S)ccc2OC)c(CC)c1Cc1cc(S)ccc1OC. The molecular weight excluding hydrogens is 577 g/mol. The van der Waals surface area contributed by atoms with Crippen LogP contribution in [0.15, 0.2) is 69.3 Å². The molecular formula is C36H42O3S3. The quantitative estimate of drug-likeness (QED) is 0.138. The first-order valence-electron chi connectivity index (χ1n) is 14.5. The summed E-state index contributed by atoms with van der Waals surface area (Å²) in [4.78, 5) is 2.79. The van der Waals surface area contributed by atoms with Gasteiger partial charge in [-0.05, 0) is 124 Å². The van der Waals surface area contributed by atoms with Crippen LogP contribution in [0.25, 0.3) is 0 Å².